The molecule has 0 unspecified atom stereocenters. The predicted octanol–water partition coefficient (Wildman–Crippen LogP) is 1.99. The van der Waals surface area contributed by atoms with Crippen molar-refractivity contribution in [2.75, 3.05) is 12.4 Å². The van der Waals surface area contributed by atoms with Gasteiger partial charge in [-0.3, -0.25) is 10.1 Å². The average Bonchev–Trinajstić information content (AvgIpc) is 3.10. The molecule has 1 heterocycles. The van der Waals surface area contributed by atoms with Gasteiger partial charge in [0.25, 0.3) is 5.91 Å². The molecule has 0 spiro atoms. The van der Waals surface area contributed by atoms with E-state index in [0.29, 0.717) is 10.7 Å². The number of carbonyl (C=O) groups is 1. The van der Waals surface area contributed by atoms with Gasteiger partial charge < -0.3 is 4.74 Å². The first-order valence-corrected chi connectivity index (χ1v) is 11.7. The summed E-state index contributed by atoms with van der Waals surface area (Å²) in [6.07, 6.45) is 0. The summed E-state index contributed by atoms with van der Waals surface area (Å²) in [5.41, 5.74) is 2.75. The van der Waals surface area contributed by atoms with Crippen LogP contribution in [0.5, 0.6) is 5.75 Å². The van der Waals surface area contributed by atoms with Gasteiger partial charge in [-0.05, 0) is 61.0 Å². The summed E-state index contributed by atoms with van der Waals surface area (Å²) in [4.78, 5) is 17.2. The fraction of sp³-hybridized carbons (Fsp3) is 0.0909. The Bertz CT molecular complexity index is 1140. The standard InChI is InChI=1S/C22H17IN2O2S/c1-14-6-11-19-20(12-14)28-22(24-19)25-21(26)15-4-3-5-17(13-15)23-16-7-9-18(27-2)10-8-16/h3-13H,1-2H3/p+1. The number of amides is 1. The zero-order chi connectivity index (χ0) is 19.5. The third-order valence-corrected chi connectivity index (χ3v) is 7.69. The van der Waals surface area contributed by atoms with E-state index in [-0.39, 0.29) is 27.1 Å². The number of anilines is 1. The Morgan fingerprint density at radius 1 is 1.04 bits per heavy atom. The number of hydrogen-bond acceptors (Lipinski definition) is 4. The molecule has 0 radical (unpaired) electrons. The SMILES string of the molecule is COc1ccc([I+]c2cccc(C(=O)Nc3nc4ccc(C)cc4s3)c2)cc1. The van der Waals surface area contributed by atoms with Gasteiger partial charge in [-0.2, -0.15) is 0 Å². The van der Waals surface area contributed by atoms with E-state index in [9.17, 15) is 4.79 Å². The summed E-state index contributed by atoms with van der Waals surface area (Å²) in [6.45, 7) is 2.05. The monoisotopic (exact) mass is 501 g/mol. The van der Waals surface area contributed by atoms with Gasteiger partial charge >= 0.3 is 21.2 Å². The number of nitrogens with one attached hydrogen (secondary N) is 1. The Hall–Kier alpha value is -2.45. The van der Waals surface area contributed by atoms with Crippen LogP contribution in [-0.2, 0) is 0 Å². The van der Waals surface area contributed by atoms with Crippen molar-refractivity contribution in [2.45, 2.75) is 6.92 Å². The summed E-state index contributed by atoms with van der Waals surface area (Å²) in [7, 11) is 1.67. The van der Waals surface area contributed by atoms with E-state index in [1.807, 2.05) is 42.5 Å². The average molecular weight is 501 g/mol. The highest BCUT2D eigenvalue weighted by atomic mass is 127. The largest absolute Gasteiger partial charge is 0.497 e. The molecule has 140 valence electrons. The van der Waals surface area contributed by atoms with Crippen molar-refractivity contribution in [3.05, 3.63) is 85.0 Å². The first kappa shape index (κ1) is 18.9. The number of rotatable bonds is 5. The van der Waals surface area contributed by atoms with E-state index < -0.39 is 0 Å². The third kappa shape index (κ3) is 4.34. The molecule has 0 bridgehead atoms. The van der Waals surface area contributed by atoms with Crippen LogP contribution >= 0.6 is 11.3 Å². The maximum absolute atomic E-state index is 12.7. The van der Waals surface area contributed by atoms with Crippen LogP contribution in [0.1, 0.15) is 15.9 Å². The molecule has 1 amide bonds. The van der Waals surface area contributed by atoms with Crippen LogP contribution in [0, 0.1) is 14.1 Å². The van der Waals surface area contributed by atoms with Crippen molar-refractivity contribution in [1.29, 1.82) is 0 Å². The lowest BCUT2D eigenvalue weighted by atomic mass is 10.2. The summed E-state index contributed by atoms with van der Waals surface area (Å²) in [5, 5.41) is 3.56. The Kier molecular flexibility index (Phi) is 5.59. The normalized spacial score (nSPS) is 10.8. The second-order valence-corrected chi connectivity index (χ2v) is 10.3. The number of nitrogens with zero attached hydrogens (tertiary/aromatic N) is 1. The molecule has 1 aromatic heterocycles. The maximum atomic E-state index is 12.7. The van der Waals surface area contributed by atoms with E-state index >= 15 is 0 Å². The quantitative estimate of drug-likeness (QED) is 0.426. The molecular formula is C22H18IN2O2S+. The molecule has 0 saturated carbocycles. The van der Waals surface area contributed by atoms with Crippen molar-refractivity contribution in [3.8, 4) is 5.75 Å². The van der Waals surface area contributed by atoms with Gasteiger partial charge in [-0.1, -0.05) is 23.5 Å². The zero-order valence-electron chi connectivity index (χ0n) is 15.4. The summed E-state index contributed by atoms with van der Waals surface area (Å²) >= 11 is 1.14. The molecule has 28 heavy (non-hydrogen) atoms. The molecule has 3 aromatic carbocycles. The Balaban J connectivity index is 1.49. The minimum absolute atomic E-state index is 0.128. The van der Waals surface area contributed by atoms with Crippen LogP contribution in [0.2, 0.25) is 0 Å². The molecule has 1 N–H and O–H groups in total. The van der Waals surface area contributed by atoms with Gasteiger partial charge in [0.05, 0.1) is 17.3 Å². The van der Waals surface area contributed by atoms with Crippen LogP contribution in [0.4, 0.5) is 5.13 Å². The lowest BCUT2D eigenvalue weighted by Gasteiger charge is -2.01. The number of fused-ring (bicyclic) bond motifs is 1. The van der Waals surface area contributed by atoms with Gasteiger partial charge in [0.1, 0.15) is 5.75 Å². The molecule has 4 rings (SSSR count). The molecule has 4 aromatic rings. The molecule has 4 nitrogen and oxygen atoms in total. The van der Waals surface area contributed by atoms with E-state index in [4.69, 9.17) is 4.74 Å². The minimum Gasteiger partial charge on any atom is -0.497 e. The molecule has 0 atom stereocenters. The van der Waals surface area contributed by atoms with Crippen molar-refractivity contribution < 1.29 is 30.7 Å². The number of aromatic nitrogens is 1. The van der Waals surface area contributed by atoms with Gasteiger partial charge in [0.2, 0.25) is 0 Å². The van der Waals surface area contributed by atoms with Crippen molar-refractivity contribution in [3.63, 3.8) is 0 Å². The predicted molar refractivity (Wildman–Crippen MR) is 109 cm³/mol. The fourth-order valence-electron chi connectivity index (χ4n) is 2.70. The highest BCUT2D eigenvalue weighted by Gasteiger charge is 2.18. The molecule has 0 fully saturated rings. The van der Waals surface area contributed by atoms with Crippen LogP contribution in [0.15, 0.2) is 66.7 Å². The van der Waals surface area contributed by atoms with Crippen molar-refractivity contribution in [2.24, 2.45) is 0 Å². The minimum atomic E-state index is -0.361. The molecular weight excluding hydrogens is 483 g/mol. The van der Waals surface area contributed by atoms with E-state index in [0.717, 1.165) is 16.0 Å². The second-order valence-electron chi connectivity index (χ2n) is 6.21. The van der Waals surface area contributed by atoms with Gasteiger partial charge in [-0.15, -0.1) is 0 Å². The zero-order valence-corrected chi connectivity index (χ0v) is 18.4. The van der Waals surface area contributed by atoms with Crippen LogP contribution < -0.4 is 31.3 Å². The summed E-state index contributed by atoms with van der Waals surface area (Å²) in [5.74, 6) is 0.725. The van der Waals surface area contributed by atoms with Crippen molar-refractivity contribution in [1.82, 2.24) is 4.98 Å². The van der Waals surface area contributed by atoms with Gasteiger partial charge in [0, 0.05) is 11.6 Å². The van der Waals surface area contributed by atoms with Crippen molar-refractivity contribution >= 4 is 32.6 Å². The molecule has 0 aliphatic rings. The Morgan fingerprint density at radius 3 is 2.64 bits per heavy atom. The highest BCUT2D eigenvalue weighted by molar-refractivity contribution is 7.22. The summed E-state index contributed by atoms with van der Waals surface area (Å²) in [6, 6.07) is 22.0. The van der Waals surface area contributed by atoms with Gasteiger partial charge in [-0.25, -0.2) is 4.98 Å². The Labute approximate surface area is 177 Å². The molecule has 6 heteroatoms. The smallest absolute Gasteiger partial charge is 0.357 e. The lowest BCUT2D eigenvalue weighted by molar-refractivity contribution is -0.597. The summed E-state index contributed by atoms with van der Waals surface area (Å²) < 4.78 is 8.76. The number of thiazole rings is 1. The number of hydrogen-bond donors (Lipinski definition) is 1. The molecule has 0 aliphatic carbocycles. The fourth-order valence-corrected chi connectivity index (χ4v) is 5.98. The van der Waals surface area contributed by atoms with E-state index in [2.05, 4.69) is 41.5 Å². The topological polar surface area (TPSA) is 51.2 Å². The first-order chi connectivity index (χ1) is 13.6. The van der Waals surface area contributed by atoms with Gasteiger partial charge in [0.15, 0.2) is 12.3 Å². The molecule has 0 aliphatic heterocycles. The van der Waals surface area contributed by atoms with Crippen LogP contribution in [0.25, 0.3) is 10.2 Å². The number of benzene rings is 3. The van der Waals surface area contributed by atoms with Crippen LogP contribution in [-0.4, -0.2) is 18.0 Å². The maximum Gasteiger partial charge on any atom is 0.357 e. The second kappa shape index (κ2) is 8.28. The van der Waals surface area contributed by atoms with E-state index in [1.54, 1.807) is 7.11 Å². The third-order valence-electron chi connectivity index (χ3n) is 4.12. The lowest BCUT2D eigenvalue weighted by Crippen LogP contribution is -3.61. The number of aryl methyl sites for hydroxylation is 1. The van der Waals surface area contributed by atoms with E-state index in [1.165, 1.54) is 24.0 Å². The highest BCUT2D eigenvalue weighted by Crippen LogP contribution is 2.26. The van der Waals surface area contributed by atoms with Crippen LogP contribution in [0.3, 0.4) is 0 Å². The first-order valence-electron chi connectivity index (χ1n) is 8.68. The molecule has 0 saturated heterocycles. The number of ether oxygens (including phenoxy) is 1. The Morgan fingerprint density at radius 2 is 1.86 bits per heavy atom. The number of carbonyl (C=O) groups excluding carboxylic acids is 1. The number of halogens is 1. The number of methoxy groups -OCH3 is 1.